The Kier molecular flexibility index (Phi) is 2.96. The van der Waals surface area contributed by atoms with Crippen molar-refractivity contribution in [1.29, 1.82) is 0 Å². The molecule has 5 nitrogen and oxygen atoms in total. The number of nitrogen functional groups attached to an aromatic ring is 2. The van der Waals surface area contributed by atoms with Crippen LogP contribution in [0.4, 0.5) is 19.0 Å². The first-order valence-corrected chi connectivity index (χ1v) is 6.34. The van der Waals surface area contributed by atoms with E-state index in [2.05, 4.69) is 9.72 Å². The minimum Gasteiger partial charge on any atom is -0.406 e. The van der Waals surface area contributed by atoms with E-state index < -0.39 is 6.36 Å². The molecule has 0 aliphatic heterocycles. The molecular weight excluding hydrogens is 285 g/mol. The third-order valence-electron chi connectivity index (χ3n) is 3.28. The molecule has 1 heterocycles. The van der Waals surface area contributed by atoms with Crippen LogP contribution in [-0.2, 0) is 0 Å². The summed E-state index contributed by atoms with van der Waals surface area (Å²) >= 11 is 0. The van der Waals surface area contributed by atoms with Crippen LogP contribution < -0.4 is 16.3 Å². The van der Waals surface area contributed by atoms with Gasteiger partial charge in [-0.2, -0.15) is 0 Å². The largest absolute Gasteiger partial charge is 0.573 e. The van der Waals surface area contributed by atoms with E-state index in [1.54, 1.807) is 0 Å². The van der Waals surface area contributed by atoms with Crippen LogP contribution in [0.1, 0.15) is 24.6 Å². The van der Waals surface area contributed by atoms with E-state index in [-0.39, 0.29) is 5.75 Å². The molecule has 4 N–H and O–H groups in total. The Morgan fingerprint density at radius 2 is 1.81 bits per heavy atom. The first-order valence-electron chi connectivity index (χ1n) is 6.34. The molecule has 1 saturated carbocycles. The van der Waals surface area contributed by atoms with Gasteiger partial charge in [-0.15, -0.1) is 13.2 Å². The van der Waals surface area contributed by atoms with E-state index in [9.17, 15) is 13.2 Å². The predicted octanol–water partition coefficient (Wildman–Crippen LogP) is 2.62. The summed E-state index contributed by atoms with van der Waals surface area (Å²) in [6.45, 7) is 0. The fourth-order valence-electron chi connectivity index (χ4n) is 2.12. The van der Waals surface area contributed by atoms with E-state index in [1.165, 1.54) is 28.9 Å². The van der Waals surface area contributed by atoms with Crippen LogP contribution in [-0.4, -0.2) is 16.0 Å². The average molecular weight is 298 g/mol. The number of benzene rings is 1. The van der Waals surface area contributed by atoms with Gasteiger partial charge < -0.3 is 16.3 Å². The van der Waals surface area contributed by atoms with E-state index in [0.29, 0.717) is 28.8 Å². The molecular formula is C13H13F3N4O. The number of rotatable bonds is 3. The second-order valence-electron chi connectivity index (χ2n) is 4.92. The maximum Gasteiger partial charge on any atom is 0.573 e. The Balaban J connectivity index is 1.89. The smallest absolute Gasteiger partial charge is 0.406 e. The first kappa shape index (κ1) is 13.6. The fourth-order valence-corrected chi connectivity index (χ4v) is 2.12. The highest BCUT2D eigenvalue weighted by molar-refractivity contribution is 5.71. The minimum atomic E-state index is -4.71. The Bertz CT molecular complexity index is 659. The van der Waals surface area contributed by atoms with Gasteiger partial charge in [0, 0.05) is 11.5 Å². The molecule has 1 aromatic carbocycles. The molecule has 2 aromatic rings. The van der Waals surface area contributed by atoms with Crippen LogP contribution in [0, 0.1) is 0 Å². The molecule has 1 aliphatic rings. The van der Waals surface area contributed by atoms with Gasteiger partial charge in [-0.25, -0.2) is 9.66 Å². The van der Waals surface area contributed by atoms with Crippen molar-refractivity contribution < 1.29 is 17.9 Å². The molecule has 21 heavy (non-hydrogen) atoms. The topological polar surface area (TPSA) is 79.1 Å². The Morgan fingerprint density at radius 1 is 1.19 bits per heavy atom. The van der Waals surface area contributed by atoms with Crippen LogP contribution in [0.15, 0.2) is 24.3 Å². The SMILES string of the molecule is Nc1c(-c2ccc(OC(F)(F)F)cc2)nc(C2CC2)n1N. The molecule has 1 aromatic heterocycles. The molecule has 1 fully saturated rings. The number of halogens is 3. The van der Waals surface area contributed by atoms with Gasteiger partial charge in [0.2, 0.25) is 0 Å². The number of aromatic nitrogens is 2. The van der Waals surface area contributed by atoms with Crippen molar-refractivity contribution in [1.82, 2.24) is 9.66 Å². The number of hydrogen-bond donors (Lipinski definition) is 2. The number of nitrogens with two attached hydrogens (primary N) is 2. The lowest BCUT2D eigenvalue weighted by Gasteiger charge is -2.08. The zero-order valence-corrected chi connectivity index (χ0v) is 10.9. The van der Waals surface area contributed by atoms with Crippen molar-refractivity contribution in [2.75, 3.05) is 11.6 Å². The molecule has 0 spiro atoms. The van der Waals surface area contributed by atoms with Crippen molar-refractivity contribution in [2.24, 2.45) is 0 Å². The molecule has 0 radical (unpaired) electrons. The molecule has 0 saturated heterocycles. The maximum absolute atomic E-state index is 12.1. The van der Waals surface area contributed by atoms with Gasteiger partial charge in [-0.1, -0.05) is 0 Å². The molecule has 8 heteroatoms. The average Bonchev–Trinajstić information content (AvgIpc) is 3.19. The highest BCUT2D eigenvalue weighted by Gasteiger charge is 2.32. The third kappa shape index (κ3) is 2.74. The predicted molar refractivity (Wildman–Crippen MR) is 70.9 cm³/mol. The summed E-state index contributed by atoms with van der Waals surface area (Å²) in [6.07, 6.45) is -2.67. The van der Waals surface area contributed by atoms with Crippen molar-refractivity contribution in [3.8, 4) is 17.0 Å². The molecule has 0 atom stereocenters. The van der Waals surface area contributed by atoms with Gasteiger partial charge in [0.05, 0.1) is 0 Å². The normalized spacial score (nSPS) is 15.2. The number of ether oxygens (including phenoxy) is 1. The summed E-state index contributed by atoms with van der Waals surface area (Å²) in [7, 11) is 0. The summed E-state index contributed by atoms with van der Waals surface area (Å²) in [5.74, 6) is 6.88. The van der Waals surface area contributed by atoms with Gasteiger partial charge in [-0.3, -0.25) is 0 Å². The standard InChI is InChI=1S/C13H13F3N4O/c14-13(15,16)21-9-5-3-7(4-6-9)10-11(17)20(18)12(19-10)8-1-2-8/h3-6,8H,1-2,17-18H2. The highest BCUT2D eigenvalue weighted by atomic mass is 19.4. The fraction of sp³-hybridized carbons (Fsp3) is 0.308. The molecule has 0 bridgehead atoms. The van der Waals surface area contributed by atoms with Gasteiger partial charge in [0.25, 0.3) is 0 Å². The Hall–Kier alpha value is -2.38. The van der Waals surface area contributed by atoms with Gasteiger partial charge in [0.1, 0.15) is 17.3 Å². The van der Waals surface area contributed by atoms with E-state index >= 15 is 0 Å². The van der Waals surface area contributed by atoms with Crippen LogP contribution >= 0.6 is 0 Å². The number of anilines is 1. The zero-order chi connectivity index (χ0) is 15.2. The summed E-state index contributed by atoms with van der Waals surface area (Å²) in [6, 6.07) is 5.37. The van der Waals surface area contributed by atoms with Crippen LogP contribution in [0.3, 0.4) is 0 Å². The molecule has 3 rings (SSSR count). The van der Waals surface area contributed by atoms with Gasteiger partial charge >= 0.3 is 6.36 Å². The van der Waals surface area contributed by atoms with Gasteiger partial charge in [-0.05, 0) is 37.1 Å². The molecule has 0 amide bonds. The van der Waals surface area contributed by atoms with Crippen LogP contribution in [0.5, 0.6) is 5.75 Å². The van der Waals surface area contributed by atoms with E-state index in [0.717, 1.165) is 12.8 Å². The second kappa shape index (κ2) is 4.57. The number of hydrogen-bond acceptors (Lipinski definition) is 4. The number of nitrogens with zero attached hydrogens (tertiary/aromatic N) is 2. The molecule has 1 aliphatic carbocycles. The summed E-state index contributed by atoms with van der Waals surface area (Å²) in [4.78, 5) is 4.40. The zero-order valence-electron chi connectivity index (χ0n) is 10.9. The first-order chi connectivity index (χ1) is 9.85. The van der Waals surface area contributed by atoms with Crippen molar-refractivity contribution >= 4 is 5.82 Å². The number of imidazole rings is 1. The quantitative estimate of drug-likeness (QED) is 0.854. The molecule has 0 unspecified atom stereocenters. The monoisotopic (exact) mass is 298 g/mol. The Morgan fingerprint density at radius 3 is 2.33 bits per heavy atom. The lowest BCUT2D eigenvalue weighted by atomic mass is 10.1. The van der Waals surface area contributed by atoms with Gasteiger partial charge in [0.15, 0.2) is 5.82 Å². The van der Waals surface area contributed by atoms with Crippen molar-refractivity contribution in [3.63, 3.8) is 0 Å². The number of alkyl halides is 3. The minimum absolute atomic E-state index is 0.292. The van der Waals surface area contributed by atoms with Crippen molar-refractivity contribution in [3.05, 3.63) is 30.1 Å². The maximum atomic E-state index is 12.1. The third-order valence-corrected chi connectivity index (χ3v) is 3.28. The summed E-state index contributed by atoms with van der Waals surface area (Å²) in [5, 5.41) is 0. The molecule has 112 valence electrons. The van der Waals surface area contributed by atoms with E-state index in [1.807, 2.05) is 0 Å². The Labute approximate surface area is 118 Å². The summed E-state index contributed by atoms with van der Waals surface area (Å²) < 4.78 is 41.5. The summed E-state index contributed by atoms with van der Waals surface area (Å²) in [5.41, 5.74) is 6.97. The van der Waals surface area contributed by atoms with E-state index in [4.69, 9.17) is 11.6 Å². The lowest BCUT2D eigenvalue weighted by molar-refractivity contribution is -0.274. The lowest BCUT2D eigenvalue weighted by Crippen LogP contribution is -2.16. The van der Waals surface area contributed by atoms with Crippen molar-refractivity contribution in [2.45, 2.75) is 25.1 Å². The highest BCUT2D eigenvalue weighted by Crippen LogP contribution is 2.41. The van der Waals surface area contributed by atoms with Crippen LogP contribution in [0.25, 0.3) is 11.3 Å². The van der Waals surface area contributed by atoms with Crippen LogP contribution in [0.2, 0.25) is 0 Å². The second-order valence-corrected chi connectivity index (χ2v) is 4.92.